The maximum absolute atomic E-state index is 13.0. The molecule has 1 aromatic heterocycles. The van der Waals surface area contributed by atoms with Crippen molar-refractivity contribution >= 4 is 14.0 Å². The third-order valence-corrected chi connectivity index (χ3v) is 9.44. The number of hydrogen-bond acceptors (Lipinski definition) is 5. The molecule has 4 rings (SSSR count). The molecule has 0 bridgehead atoms. The molecule has 0 fully saturated rings. The van der Waals surface area contributed by atoms with E-state index in [-0.39, 0.29) is 11.9 Å². The molecule has 7 heteroatoms. The maximum Gasteiger partial charge on any atom is 0.309 e. The van der Waals surface area contributed by atoms with E-state index in [4.69, 9.17) is 9.47 Å². The topological polar surface area (TPSA) is 65.4 Å². The highest BCUT2D eigenvalue weighted by Crippen LogP contribution is 2.36. The monoisotopic (exact) mass is 597 g/mol. The Balaban J connectivity index is 1.46. The van der Waals surface area contributed by atoms with Gasteiger partial charge in [-0.1, -0.05) is 111 Å². The van der Waals surface area contributed by atoms with E-state index in [1.807, 2.05) is 17.7 Å². The zero-order valence-electron chi connectivity index (χ0n) is 26.2. The number of imidazole rings is 1. The van der Waals surface area contributed by atoms with Crippen LogP contribution in [-0.4, -0.2) is 43.4 Å². The second kappa shape index (κ2) is 15.8. The third-order valence-electron chi connectivity index (χ3n) is 7.74. The first-order valence-electron chi connectivity index (χ1n) is 15.5. The molecule has 3 aromatic carbocycles. The van der Waals surface area contributed by atoms with E-state index >= 15 is 0 Å². The standard InChI is InChI=1S/C36H47N3O3Si/c1-5-42-35(40)30(26-34-27-39(28-37-34)29-41-24-25-43(2,3)4)16-15-23-38-36(31-17-9-6-10-18-31,32-19-11-7-12-20-32)33-21-13-8-14-22-33/h6-14,17-22,27-28,30,38H,5,15-16,23-26,29H2,1-4H3/t30-/m0/s1. The van der Waals surface area contributed by atoms with Crippen LogP contribution < -0.4 is 5.32 Å². The molecule has 1 atom stereocenters. The average Bonchev–Trinajstić information content (AvgIpc) is 3.47. The van der Waals surface area contributed by atoms with Crippen molar-refractivity contribution in [1.29, 1.82) is 0 Å². The van der Waals surface area contributed by atoms with E-state index in [1.165, 1.54) is 16.7 Å². The fourth-order valence-corrected chi connectivity index (χ4v) is 6.20. The maximum atomic E-state index is 13.0. The van der Waals surface area contributed by atoms with Gasteiger partial charge in [0.2, 0.25) is 0 Å². The molecular weight excluding hydrogens is 551 g/mol. The molecule has 0 radical (unpaired) electrons. The zero-order valence-corrected chi connectivity index (χ0v) is 27.2. The number of carbonyl (C=O) groups excluding carboxylic acids is 1. The lowest BCUT2D eigenvalue weighted by Gasteiger charge is -2.37. The summed E-state index contributed by atoms with van der Waals surface area (Å²) in [5.41, 5.74) is 3.87. The van der Waals surface area contributed by atoms with Gasteiger partial charge in [0.05, 0.1) is 30.1 Å². The third kappa shape index (κ3) is 9.23. The van der Waals surface area contributed by atoms with Crippen molar-refractivity contribution in [2.75, 3.05) is 19.8 Å². The summed E-state index contributed by atoms with van der Waals surface area (Å²) >= 11 is 0. The van der Waals surface area contributed by atoms with Gasteiger partial charge < -0.3 is 14.0 Å². The average molecular weight is 598 g/mol. The van der Waals surface area contributed by atoms with Crippen molar-refractivity contribution in [2.45, 2.75) is 64.1 Å². The molecule has 0 unspecified atom stereocenters. The zero-order chi connectivity index (χ0) is 30.5. The Kier molecular flexibility index (Phi) is 11.9. The molecule has 0 saturated heterocycles. The number of aromatic nitrogens is 2. The van der Waals surface area contributed by atoms with Crippen LogP contribution in [-0.2, 0) is 33.0 Å². The number of benzene rings is 3. The van der Waals surface area contributed by atoms with E-state index in [0.717, 1.165) is 24.8 Å². The van der Waals surface area contributed by atoms with Crippen molar-refractivity contribution in [3.05, 3.63) is 126 Å². The summed E-state index contributed by atoms with van der Waals surface area (Å²) in [7, 11) is -1.13. The van der Waals surface area contributed by atoms with Gasteiger partial charge in [-0.3, -0.25) is 10.1 Å². The van der Waals surface area contributed by atoms with Gasteiger partial charge in [0.1, 0.15) is 6.73 Å². The Morgan fingerprint density at radius 2 is 1.47 bits per heavy atom. The number of rotatable bonds is 17. The molecule has 0 saturated carbocycles. The first-order valence-corrected chi connectivity index (χ1v) is 19.2. The van der Waals surface area contributed by atoms with Gasteiger partial charge >= 0.3 is 5.97 Å². The number of hydrogen-bond donors (Lipinski definition) is 1. The van der Waals surface area contributed by atoms with E-state index < -0.39 is 13.6 Å². The van der Waals surface area contributed by atoms with Gasteiger partial charge in [-0.25, -0.2) is 4.98 Å². The van der Waals surface area contributed by atoms with Crippen LogP contribution in [0.25, 0.3) is 0 Å². The highest BCUT2D eigenvalue weighted by Gasteiger charge is 2.35. The Bertz CT molecular complexity index is 1270. The van der Waals surface area contributed by atoms with Crippen molar-refractivity contribution in [1.82, 2.24) is 14.9 Å². The molecule has 6 nitrogen and oxygen atoms in total. The molecule has 0 spiro atoms. The molecule has 1 heterocycles. The van der Waals surface area contributed by atoms with Crippen LogP contribution >= 0.6 is 0 Å². The smallest absolute Gasteiger partial charge is 0.309 e. The first-order chi connectivity index (χ1) is 20.8. The Morgan fingerprint density at radius 3 is 1.98 bits per heavy atom. The van der Waals surface area contributed by atoms with Crippen LogP contribution in [0.2, 0.25) is 25.7 Å². The number of esters is 1. The van der Waals surface area contributed by atoms with Crippen LogP contribution in [0.1, 0.15) is 42.1 Å². The van der Waals surface area contributed by atoms with Crippen molar-refractivity contribution in [2.24, 2.45) is 5.92 Å². The molecule has 1 N–H and O–H groups in total. The fraction of sp³-hybridized carbons (Fsp3) is 0.389. The Labute approximate surface area is 258 Å². The molecule has 228 valence electrons. The lowest BCUT2D eigenvalue weighted by Crippen LogP contribution is -2.45. The molecular formula is C36H47N3O3Si. The molecule has 0 aliphatic carbocycles. The van der Waals surface area contributed by atoms with Crippen LogP contribution in [0, 0.1) is 5.92 Å². The van der Waals surface area contributed by atoms with Gasteiger partial charge in [-0.05, 0) is 49.0 Å². The van der Waals surface area contributed by atoms with Gasteiger partial charge in [0.25, 0.3) is 0 Å². The quantitative estimate of drug-likeness (QED) is 0.0600. The minimum atomic E-state index is -1.13. The van der Waals surface area contributed by atoms with Crippen molar-refractivity contribution in [3.8, 4) is 0 Å². The van der Waals surface area contributed by atoms with Crippen molar-refractivity contribution in [3.63, 3.8) is 0 Å². The van der Waals surface area contributed by atoms with E-state index in [0.29, 0.717) is 32.7 Å². The Hall–Kier alpha value is -3.52. The lowest BCUT2D eigenvalue weighted by atomic mass is 9.77. The highest BCUT2D eigenvalue weighted by molar-refractivity contribution is 6.76. The fourth-order valence-electron chi connectivity index (χ4n) is 5.44. The van der Waals surface area contributed by atoms with Crippen LogP contribution in [0.15, 0.2) is 104 Å². The number of carbonyl (C=O) groups is 1. The number of ether oxygens (including phenoxy) is 2. The summed E-state index contributed by atoms with van der Waals surface area (Å²) in [6.45, 7) is 11.2. The number of nitrogens with zero attached hydrogens (tertiary/aromatic N) is 2. The van der Waals surface area contributed by atoms with Gasteiger partial charge in [0.15, 0.2) is 0 Å². The molecule has 0 amide bonds. The predicted molar refractivity (Wildman–Crippen MR) is 177 cm³/mol. The van der Waals surface area contributed by atoms with Crippen LogP contribution in [0.5, 0.6) is 0 Å². The van der Waals surface area contributed by atoms with Gasteiger partial charge in [0, 0.05) is 27.3 Å². The SMILES string of the molecule is CCOC(=O)[C@@H](CCCNC(c1ccccc1)(c1ccccc1)c1ccccc1)Cc1cn(COCC[Si](C)(C)C)cn1. The minimum Gasteiger partial charge on any atom is -0.466 e. The van der Waals surface area contributed by atoms with Crippen molar-refractivity contribution < 1.29 is 14.3 Å². The molecule has 0 aliphatic heterocycles. The predicted octanol–water partition coefficient (Wildman–Crippen LogP) is 7.28. The highest BCUT2D eigenvalue weighted by atomic mass is 28.3. The minimum absolute atomic E-state index is 0.163. The largest absolute Gasteiger partial charge is 0.466 e. The number of nitrogens with one attached hydrogen (secondary N) is 1. The summed E-state index contributed by atoms with van der Waals surface area (Å²) in [6, 6.07) is 32.9. The summed E-state index contributed by atoms with van der Waals surface area (Å²) < 4.78 is 13.3. The van der Waals surface area contributed by atoms with E-state index in [2.05, 4.69) is 121 Å². The molecule has 43 heavy (non-hydrogen) atoms. The summed E-state index contributed by atoms with van der Waals surface area (Å²) in [5.74, 6) is -0.429. The summed E-state index contributed by atoms with van der Waals surface area (Å²) in [6.07, 6.45) is 5.83. The lowest BCUT2D eigenvalue weighted by molar-refractivity contribution is -0.148. The normalized spacial score (nSPS) is 12.7. The van der Waals surface area contributed by atoms with E-state index in [1.54, 1.807) is 6.33 Å². The second-order valence-corrected chi connectivity index (χ2v) is 17.9. The summed E-state index contributed by atoms with van der Waals surface area (Å²) in [4.78, 5) is 17.6. The van der Waals surface area contributed by atoms with Gasteiger partial charge in [-0.15, -0.1) is 0 Å². The molecule has 0 aliphatic rings. The summed E-state index contributed by atoms with van der Waals surface area (Å²) in [5, 5.41) is 3.93. The second-order valence-electron chi connectivity index (χ2n) is 12.3. The first kappa shape index (κ1) is 32.4. The van der Waals surface area contributed by atoms with Crippen LogP contribution in [0.3, 0.4) is 0 Å². The molecule has 4 aromatic rings. The van der Waals surface area contributed by atoms with Crippen LogP contribution in [0.4, 0.5) is 0 Å². The Morgan fingerprint density at radius 1 is 0.907 bits per heavy atom. The van der Waals surface area contributed by atoms with E-state index in [9.17, 15) is 4.79 Å². The van der Waals surface area contributed by atoms with Gasteiger partial charge in [-0.2, -0.15) is 0 Å².